The van der Waals surface area contributed by atoms with E-state index >= 15 is 0 Å². The van der Waals surface area contributed by atoms with Crippen molar-refractivity contribution in [3.8, 4) is 0 Å². The fourth-order valence-corrected chi connectivity index (χ4v) is 3.29. The van der Waals surface area contributed by atoms with E-state index in [9.17, 15) is 0 Å². The molecule has 2 aliphatic rings. The van der Waals surface area contributed by atoms with Gasteiger partial charge in [0.25, 0.3) is 5.95 Å². The molecular formula is C14H25N5O. The van der Waals surface area contributed by atoms with Crippen LogP contribution in [0.5, 0.6) is 0 Å². The number of nitrogens with zero attached hydrogens (tertiary/aromatic N) is 4. The van der Waals surface area contributed by atoms with Crippen molar-refractivity contribution >= 4 is 5.95 Å². The van der Waals surface area contributed by atoms with Gasteiger partial charge in [0.2, 0.25) is 5.89 Å². The van der Waals surface area contributed by atoms with Gasteiger partial charge in [0.1, 0.15) is 0 Å². The Bertz CT molecular complexity index is 429. The SMILES string of the molecule is CCN(C)c1noc(C2CCCN2C2CCNCC2)n1. The lowest BCUT2D eigenvalue weighted by Gasteiger charge is -2.34. The van der Waals surface area contributed by atoms with Crippen molar-refractivity contribution in [2.75, 3.05) is 38.1 Å². The molecule has 112 valence electrons. The Balaban J connectivity index is 1.72. The van der Waals surface area contributed by atoms with Crippen LogP contribution in [0.2, 0.25) is 0 Å². The molecule has 2 aliphatic heterocycles. The molecule has 1 N–H and O–H groups in total. The van der Waals surface area contributed by atoms with Gasteiger partial charge in [-0.3, -0.25) is 4.90 Å². The first kappa shape index (κ1) is 13.8. The van der Waals surface area contributed by atoms with Crippen molar-refractivity contribution in [2.45, 2.75) is 44.7 Å². The van der Waals surface area contributed by atoms with Gasteiger partial charge in [-0.1, -0.05) is 0 Å². The molecule has 1 atom stereocenters. The fourth-order valence-electron chi connectivity index (χ4n) is 3.29. The van der Waals surface area contributed by atoms with Crippen LogP contribution in [0.25, 0.3) is 0 Å². The molecule has 2 saturated heterocycles. The van der Waals surface area contributed by atoms with Crippen LogP contribution in [0.15, 0.2) is 4.52 Å². The topological polar surface area (TPSA) is 57.4 Å². The van der Waals surface area contributed by atoms with Crippen molar-refractivity contribution in [3.05, 3.63) is 5.89 Å². The average Bonchev–Trinajstić information content (AvgIpc) is 3.15. The highest BCUT2D eigenvalue weighted by Crippen LogP contribution is 2.35. The van der Waals surface area contributed by atoms with E-state index in [0.717, 1.165) is 38.5 Å². The van der Waals surface area contributed by atoms with Gasteiger partial charge in [0.05, 0.1) is 6.04 Å². The monoisotopic (exact) mass is 279 g/mol. The fraction of sp³-hybridized carbons (Fsp3) is 0.857. The Kier molecular flexibility index (Phi) is 4.21. The summed E-state index contributed by atoms with van der Waals surface area (Å²) >= 11 is 0. The molecule has 2 fully saturated rings. The molecule has 6 nitrogen and oxygen atoms in total. The average molecular weight is 279 g/mol. The Morgan fingerprint density at radius 1 is 1.35 bits per heavy atom. The number of aromatic nitrogens is 2. The third-order valence-electron chi connectivity index (χ3n) is 4.60. The van der Waals surface area contributed by atoms with Gasteiger partial charge < -0.3 is 14.7 Å². The minimum Gasteiger partial charge on any atom is -0.342 e. The van der Waals surface area contributed by atoms with E-state index in [0.29, 0.717) is 18.0 Å². The molecule has 1 aromatic rings. The van der Waals surface area contributed by atoms with E-state index in [1.54, 1.807) is 0 Å². The zero-order valence-electron chi connectivity index (χ0n) is 12.5. The smallest absolute Gasteiger partial charge is 0.265 e. The van der Waals surface area contributed by atoms with Crippen LogP contribution >= 0.6 is 0 Å². The number of piperidine rings is 1. The van der Waals surface area contributed by atoms with E-state index in [2.05, 4.69) is 27.3 Å². The van der Waals surface area contributed by atoms with Crippen LogP contribution in [0.3, 0.4) is 0 Å². The lowest BCUT2D eigenvalue weighted by atomic mass is 10.0. The zero-order chi connectivity index (χ0) is 13.9. The highest BCUT2D eigenvalue weighted by Gasteiger charge is 2.35. The van der Waals surface area contributed by atoms with Gasteiger partial charge in [0.15, 0.2) is 0 Å². The Morgan fingerprint density at radius 2 is 2.15 bits per heavy atom. The Labute approximate surface area is 120 Å². The van der Waals surface area contributed by atoms with Gasteiger partial charge >= 0.3 is 0 Å². The van der Waals surface area contributed by atoms with Gasteiger partial charge in [-0.25, -0.2) is 0 Å². The van der Waals surface area contributed by atoms with Crippen molar-refractivity contribution in [1.29, 1.82) is 0 Å². The molecule has 0 bridgehead atoms. The van der Waals surface area contributed by atoms with Crippen molar-refractivity contribution in [1.82, 2.24) is 20.4 Å². The van der Waals surface area contributed by atoms with Crippen molar-refractivity contribution in [3.63, 3.8) is 0 Å². The Hall–Kier alpha value is -1.14. The maximum absolute atomic E-state index is 5.53. The molecule has 1 aromatic heterocycles. The van der Waals surface area contributed by atoms with Crippen LogP contribution in [0.4, 0.5) is 5.95 Å². The number of anilines is 1. The van der Waals surface area contributed by atoms with E-state index in [1.807, 2.05) is 11.9 Å². The largest absolute Gasteiger partial charge is 0.342 e. The summed E-state index contributed by atoms with van der Waals surface area (Å²) in [5, 5.41) is 7.55. The third kappa shape index (κ3) is 2.67. The number of nitrogens with one attached hydrogen (secondary N) is 1. The van der Waals surface area contributed by atoms with Gasteiger partial charge in [0, 0.05) is 19.6 Å². The maximum Gasteiger partial charge on any atom is 0.265 e. The van der Waals surface area contributed by atoms with Crippen LogP contribution in [0, 0.1) is 0 Å². The summed E-state index contributed by atoms with van der Waals surface area (Å²) in [6, 6.07) is 0.993. The quantitative estimate of drug-likeness (QED) is 0.899. The summed E-state index contributed by atoms with van der Waals surface area (Å²) in [6.07, 6.45) is 4.83. The Morgan fingerprint density at radius 3 is 2.90 bits per heavy atom. The second kappa shape index (κ2) is 6.10. The summed E-state index contributed by atoms with van der Waals surface area (Å²) in [7, 11) is 1.99. The molecule has 3 rings (SSSR count). The highest BCUT2D eigenvalue weighted by atomic mass is 16.5. The molecule has 0 aliphatic carbocycles. The molecule has 20 heavy (non-hydrogen) atoms. The van der Waals surface area contributed by atoms with Gasteiger partial charge in [-0.15, -0.1) is 0 Å². The number of hydrogen-bond donors (Lipinski definition) is 1. The third-order valence-corrected chi connectivity index (χ3v) is 4.60. The van der Waals surface area contributed by atoms with E-state index in [-0.39, 0.29) is 0 Å². The summed E-state index contributed by atoms with van der Waals surface area (Å²) < 4.78 is 5.53. The first-order valence-electron chi connectivity index (χ1n) is 7.80. The molecule has 0 radical (unpaired) electrons. The summed E-state index contributed by atoms with van der Waals surface area (Å²) in [5.74, 6) is 1.51. The van der Waals surface area contributed by atoms with Crippen molar-refractivity contribution < 1.29 is 4.52 Å². The molecule has 0 saturated carbocycles. The second-order valence-corrected chi connectivity index (χ2v) is 5.82. The first-order chi connectivity index (χ1) is 9.79. The maximum atomic E-state index is 5.53. The molecule has 0 amide bonds. The number of hydrogen-bond acceptors (Lipinski definition) is 6. The second-order valence-electron chi connectivity index (χ2n) is 5.82. The summed E-state index contributed by atoms with van der Waals surface area (Å²) in [5.41, 5.74) is 0. The van der Waals surface area contributed by atoms with E-state index < -0.39 is 0 Å². The molecular weight excluding hydrogens is 254 g/mol. The number of likely N-dealkylation sites (tertiary alicyclic amines) is 1. The minimum absolute atomic E-state index is 0.324. The molecule has 1 unspecified atom stereocenters. The molecule has 0 spiro atoms. The predicted molar refractivity (Wildman–Crippen MR) is 77.8 cm³/mol. The normalized spacial score (nSPS) is 25.2. The predicted octanol–water partition coefficient (Wildman–Crippen LogP) is 1.41. The zero-order valence-corrected chi connectivity index (χ0v) is 12.5. The van der Waals surface area contributed by atoms with E-state index in [1.165, 1.54) is 19.3 Å². The van der Waals surface area contributed by atoms with Gasteiger partial charge in [-0.2, -0.15) is 4.98 Å². The van der Waals surface area contributed by atoms with Gasteiger partial charge in [-0.05, 0) is 57.4 Å². The summed E-state index contributed by atoms with van der Waals surface area (Å²) in [4.78, 5) is 9.20. The lowest BCUT2D eigenvalue weighted by Crippen LogP contribution is -2.42. The van der Waals surface area contributed by atoms with Crippen LogP contribution < -0.4 is 10.2 Å². The van der Waals surface area contributed by atoms with E-state index in [4.69, 9.17) is 4.52 Å². The standard InChI is InChI=1S/C14H25N5O/c1-3-18(2)14-16-13(20-17-14)12-5-4-10-19(12)11-6-8-15-9-7-11/h11-12,15H,3-10H2,1-2H3. The highest BCUT2D eigenvalue weighted by molar-refractivity contribution is 5.25. The van der Waals surface area contributed by atoms with Crippen LogP contribution in [0.1, 0.15) is 44.5 Å². The lowest BCUT2D eigenvalue weighted by molar-refractivity contribution is 0.126. The molecule has 6 heteroatoms. The minimum atomic E-state index is 0.324. The van der Waals surface area contributed by atoms with Crippen LogP contribution in [-0.4, -0.2) is 54.3 Å². The van der Waals surface area contributed by atoms with Crippen molar-refractivity contribution in [2.24, 2.45) is 0 Å². The molecule has 3 heterocycles. The molecule has 0 aromatic carbocycles. The first-order valence-corrected chi connectivity index (χ1v) is 7.80. The van der Waals surface area contributed by atoms with Crippen LogP contribution in [-0.2, 0) is 0 Å². The summed E-state index contributed by atoms with van der Waals surface area (Å²) in [6.45, 7) is 6.40. The number of rotatable bonds is 4.